The van der Waals surface area contributed by atoms with Gasteiger partial charge in [0.1, 0.15) is 17.6 Å². The van der Waals surface area contributed by atoms with E-state index in [0.717, 1.165) is 6.29 Å². The van der Waals surface area contributed by atoms with E-state index in [1.54, 1.807) is 6.07 Å². The van der Waals surface area contributed by atoms with Crippen LogP contribution in [0.1, 0.15) is 55.7 Å². The number of fused-ring (bicyclic) bond motifs is 1. The zero-order valence-electron chi connectivity index (χ0n) is 16.6. The fourth-order valence-electron chi connectivity index (χ4n) is 4.05. The van der Waals surface area contributed by atoms with Crippen molar-refractivity contribution in [3.63, 3.8) is 0 Å². The van der Waals surface area contributed by atoms with E-state index in [2.05, 4.69) is 0 Å². The fourth-order valence-corrected chi connectivity index (χ4v) is 4.05. The molecule has 0 aliphatic heterocycles. The summed E-state index contributed by atoms with van der Waals surface area (Å²) < 4.78 is 85.7. The molecule has 170 valence electrons. The third kappa shape index (κ3) is 5.50. The lowest BCUT2D eigenvalue weighted by Gasteiger charge is -2.31. The molecule has 0 bridgehead atoms. The SMILES string of the molecule is NC(CCC=O)c1ccc2c(C(F)(F)F)c(OC3CCC(C(F)(F)F)CC3)ccc2c1. The maximum absolute atomic E-state index is 13.9. The van der Waals surface area contributed by atoms with Gasteiger partial charge < -0.3 is 15.3 Å². The fraction of sp³-hybridized carbons (Fsp3) is 0.500. The molecule has 1 fully saturated rings. The van der Waals surface area contributed by atoms with Crippen LogP contribution in [-0.2, 0) is 11.0 Å². The summed E-state index contributed by atoms with van der Waals surface area (Å²) in [5, 5.41) is 0.250. The molecular weight excluding hydrogens is 424 g/mol. The second-order valence-corrected chi connectivity index (χ2v) is 7.90. The number of hydrogen-bond donors (Lipinski definition) is 1. The lowest BCUT2D eigenvalue weighted by Crippen LogP contribution is -2.32. The molecule has 1 saturated carbocycles. The molecule has 2 aromatic rings. The van der Waals surface area contributed by atoms with E-state index >= 15 is 0 Å². The number of aldehydes is 1. The minimum absolute atomic E-state index is 0.0457. The van der Waals surface area contributed by atoms with Gasteiger partial charge in [-0.15, -0.1) is 0 Å². The summed E-state index contributed by atoms with van der Waals surface area (Å²) in [6, 6.07) is 6.58. The molecule has 0 spiro atoms. The minimum atomic E-state index is -4.71. The maximum Gasteiger partial charge on any atom is 0.420 e. The van der Waals surface area contributed by atoms with Gasteiger partial charge in [0, 0.05) is 12.5 Å². The van der Waals surface area contributed by atoms with Gasteiger partial charge in [-0.2, -0.15) is 26.3 Å². The number of alkyl halides is 6. The van der Waals surface area contributed by atoms with Gasteiger partial charge in [0.2, 0.25) is 0 Å². The van der Waals surface area contributed by atoms with Crippen molar-refractivity contribution in [1.82, 2.24) is 0 Å². The highest BCUT2D eigenvalue weighted by Crippen LogP contribution is 2.44. The van der Waals surface area contributed by atoms with Crippen molar-refractivity contribution in [1.29, 1.82) is 0 Å². The van der Waals surface area contributed by atoms with Crippen LogP contribution in [0.15, 0.2) is 30.3 Å². The van der Waals surface area contributed by atoms with Crippen LogP contribution >= 0.6 is 0 Å². The van der Waals surface area contributed by atoms with Crippen LogP contribution in [0.25, 0.3) is 10.8 Å². The summed E-state index contributed by atoms with van der Waals surface area (Å²) in [7, 11) is 0. The van der Waals surface area contributed by atoms with Crippen LogP contribution < -0.4 is 10.5 Å². The molecule has 0 radical (unpaired) electrons. The topological polar surface area (TPSA) is 52.3 Å². The van der Waals surface area contributed by atoms with Crippen LogP contribution in [0.3, 0.4) is 0 Å². The minimum Gasteiger partial charge on any atom is -0.490 e. The van der Waals surface area contributed by atoms with Crippen molar-refractivity contribution >= 4 is 17.1 Å². The largest absolute Gasteiger partial charge is 0.490 e. The molecular formula is C22H23F6NO2. The molecule has 0 heterocycles. The Morgan fingerprint density at radius 2 is 1.71 bits per heavy atom. The van der Waals surface area contributed by atoms with E-state index in [1.165, 1.54) is 24.3 Å². The Labute approximate surface area is 175 Å². The molecule has 31 heavy (non-hydrogen) atoms. The Morgan fingerprint density at radius 1 is 1.03 bits per heavy atom. The van der Waals surface area contributed by atoms with Gasteiger partial charge in [-0.25, -0.2) is 0 Å². The summed E-state index contributed by atoms with van der Waals surface area (Å²) in [6.07, 6.45) is -8.58. The number of halogens is 6. The molecule has 3 nitrogen and oxygen atoms in total. The van der Waals surface area contributed by atoms with Gasteiger partial charge in [-0.05, 0) is 60.6 Å². The summed E-state index contributed by atoms with van der Waals surface area (Å²) in [4.78, 5) is 10.5. The van der Waals surface area contributed by atoms with Gasteiger partial charge in [0.25, 0.3) is 0 Å². The maximum atomic E-state index is 13.9. The summed E-state index contributed by atoms with van der Waals surface area (Å²) in [5.41, 5.74) is 5.67. The molecule has 9 heteroatoms. The highest BCUT2D eigenvalue weighted by Gasteiger charge is 2.42. The number of nitrogens with two attached hydrogens (primary N) is 1. The van der Waals surface area contributed by atoms with Gasteiger partial charge in [0.15, 0.2) is 0 Å². The van der Waals surface area contributed by atoms with Gasteiger partial charge in [0.05, 0.1) is 12.0 Å². The van der Waals surface area contributed by atoms with E-state index in [-0.39, 0.29) is 43.2 Å². The predicted molar refractivity (Wildman–Crippen MR) is 104 cm³/mol. The number of benzene rings is 2. The normalized spacial score (nSPS) is 21.1. The molecule has 0 aromatic heterocycles. The Morgan fingerprint density at radius 3 is 2.29 bits per heavy atom. The third-order valence-electron chi connectivity index (χ3n) is 5.74. The number of rotatable bonds is 6. The van der Waals surface area contributed by atoms with Crippen molar-refractivity contribution in [2.45, 2.75) is 63.0 Å². The molecule has 2 N–H and O–H groups in total. The zero-order valence-corrected chi connectivity index (χ0v) is 16.6. The summed E-state index contributed by atoms with van der Waals surface area (Å²) in [5.74, 6) is -1.82. The average Bonchev–Trinajstić information content (AvgIpc) is 2.70. The molecule has 1 atom stereocenters. The second kappa shape index (κ2) is 9.06. The molecule has 0 amide bonds. The summed E-state index contributed by atoms with van der Waals surface area (Å²) in [6.45, 7) is 0. The van der Waals surface area contributed by atoms with E-state index in [0.29, 0.717) is 17.4 Å². The second-order valence-electron chi connectivity index (χ2n) is 7.90. The first-order valence-corrected chi connectivity index (χ1v) is 10.1. The van der Waals surface area contributed by atoms with Gasteiger partial charge in [-0.1, -0.05) is 18.2 Å². The van der Waals surface area contributed by atoms with E-state index in [1.807, 2.05) is 0 Å². The van der Waals surface area contributed by atoms with Crippen LogP contribution in [-0.4, -0.2) is 18.6 Å². The quantitative estimate of drug-likeness (QED) is 0.415. The van der Waals surface area contributed by atoms with Crippen molar-refractivity contribution < 1.29 is 35.9 Å². The number of carbonyl (C=O) groups is 1. The molecule has 1 unspecified atom stereocenters. The molecule has 3 rings (SSSR count). The molecule has 1 aliphatic carbocycles. The van der Waals surface area contributed by atoms with Crippen LogP contribution in [0.4, 0.5) is 26.3 Å². The molecule has 0 saturated heterocycles. The monoisotopic (exact) mass is 447 g/mol. The van der Waals surface area contributed by atoms with Gasteiger partial charge >= 0.3 is 12.4 Å². The Balaban J connectivity index is 1.87. The first-order chi connectivity index (χ1) is 14.5. The standard InChI is InChI=1S/C22H23F6NO2/c23-21(24,25)15-5-7-16(8-6-15)31-19-10-4-13-12-14(18(29)2-1-11-30)3-9-17(13)20(19)22(26,27)28/h3-4,9-12,15-16,18H,1-2,5-8,29H2. The third-order valence-corrected chi connectivity index (χ3v) is 5.74. The number of hydrogen-bond acceptors (Lipinski definition) is 3. The first kappa shape index (κ1) is 23.4. The van der Waals surface area contributed by atoms with E-state index < -0.39 is 36.0 Å². The van der Waals surface area contributed by atoms with Crippen LogP contribution in [0, 0.1) is 5.92 Å². The Hall–Kier alpha value is -2.29. The van der Waals surface area contributed by atoms with E-state index in [9.17, 15) is 31.1 Å². The summed E-state index contributed by atoms with van der Waals surface area (Å²) >= 11 is 0. The van der Waals surface area contributed by atoms with Crippen molar-refractivity contribution in [2.24, 2.45) is 11.7 Å². The molecule has 2 aromatic carbocycles. The average molecular weight is 447 g/mol. The zero-order chi connectivity index (χ0) is 22.8. The van der Waals surface area contributed by atoms with Crippen LogP contribution in [0.5, 0.6) is 5.75 Å². The molecule has 1 aliphatic rings. The predicted octanol–water partition coefficient (Wildman–Crippen LogP) is 6.34. The smallest absolute Gasteiger partial charge is 0.420 e. The van der Waals surface area contributed by atoms with Gasteiger partial charge in [-0.3, -0.25) is 0 Å². The first-order valence-electron chi connectivity index (χ1n) is 10.1. The number of ether oxygens (including phenoxy) is 1. The number of carbonyl (C=O) groups excluding carboxylic acids is 1. The van der Waals surface area contributed by atoms with Crippen molar-refractivity contribution in [3.05, 3.63) is 41.5 Å². The highest BCUT2D eigenvalue weighted by molar-refractivity contribution is 5.89. The van der Waals surface area contributed by atoms with Crippen molar-refractivity contribution in [2.75, 3.05) is 0 Å². The van der Waals surface area contributed by atoms with Crippen molar-refractivity contribution in [3.8, 4) is 5.75 Å². The van der Waals surface area contributed by atoms with E-state index in [4.69, 9.17) is 10.5 Å². The lowest BCUT2D eigenvalue weighted by molar-refractivity contribution is -0.185. The Kier molecular flexibility index (Phi) is 6.83. The van der Waals surface area contributed by atoms with Crippen LogP contribution in [0.2, 0.25) is 0 Å². The highest BCUT2D eigenvalue weighted by atomic mass is 19.4. The Bertz CT molecular complexity index is 917. The lowest BCUT2D eigenvalue weighted by atomic mass is 9.87.